The molecule has 10 heteroatoms. The summed E-state index contributed by atoms with van der Waals surface area (Å²) in [6.45, 7) is 3.84. The Bertz CT molecular complexity index is 1060. The standard InChI is InChI=1S/C18H20N8O2/c1-3-28-15-6-4-14(5-7-15)26-17-16(23-24-26)11-19-18(22-17)21-13-10-20-25(12-13)8-9-27-2/h4-7,10-12H,3,8-9H2,1-2H3,(H,19,21,22). The lowest BCUT2D eigenvalue weighted by Crippen LogP contribution is -2.04. The first-order chi connectivity index (χ1) is 13.8. The third kappa shape index (κ3) is 3.76. The number of ether oxygens (including phenoxy) is 2. The molecule has 0 amide bonds. The van der Waals surface area contributed by atoms with Crippen LogP contribution in [0.4, 0.5) is 11.6 Å². The molecule has 0 aliphatic carbocycles. The topological polar surface area (TPSA) is 105 Å². The van der Waals surface area contributed by atoms with Crippen LogP contribution >= 0.6 is 0 Å². The van der Waals surface area contributed by atoms with Crippen molar-refractivity contribution in [3.8, 4) is 11.4 Å². The number of methoxy groups -OCH3 is 1. The van der Waals surface area contributed by atoms with E-state index in [9.17, 15) is 0 Å². The van der Waals surface area contributed by atoms with Gasteiger partial charge in [0.15, 0.2) is 11.2 Å². The molecule has 0 bridgehead atoms. The van der Waals surface area contributed by atoms with Gasteiger partial charge in [0.2, 0.25) is 5.95 Å². The van der Waals surface area contributed by atoms with Crippen LogP contribution < -0.4 is 10.1 Å². The molecule has 0 saturated heterocycles. The van der Waals surface area contributed by atoms with Gasteiger partial charge in [-0.2, -0.15) is 14.8 Å². The summed E-state index contributed by atoms with van der Waals surface area (Å²) < 4.78 is 14.0. The Kier molecular flexibility index (Phi) is 5.11. The molecule has 0 aliphatic rings. The van der Waals surface area contributed by atoms with E-state index in [2.05, 4.69) is 30.7 Å². The smallest absolute Gasteiger partial charge is 0.229 e. The zero-order chi connectivity index (χ0) is 19.3. The van der Waals surface area contributed by atoms with Crippen molar-refractivity contribution in [1.82, 2.24) is 34.7 Å². The highest BCUT2D eigenvalue weighted by molar-refractivity contribution is 5.72. The Morgan fingerprint density at radius 2 is 2.00 bits per heavy atom. The fraction of sp³-hybridized carbons (Fsp3) is 0.278. The molecule has 28 heavy (non-hydrogen) atoms. The van der Waals surface area contributed by atoms with E-state index in [-0.39, 0.29) is 0 Å². The maximum atomic E-state index is 5.48. The van der Waals surface area contributed by atoms with E-state index >= 15 is 0 Å². The van der Waals surface area contributed by atoms with E-state index < -0.39 is 0 Å². The third-order valence-corrected chi connectivity index (χ3v) is 4.00. The van der Waals surface area contributed by atoms with E-state index in [4.69, 9.17) is 9.47 Å². The van der Waals surface area contributed by atoms with Crippen LogP contribution in [-0.4, -0.2) is 55.1 Å². The molecule has 0 unspecified atom stereocenters. The number of hydrogen-bond donors (Lipinski definition) is 1. The number of anilines is 2. The van der Waals surface area contributed by atoms with Crippen molar-refractivity contribution in [3.05, 3.63) is 42.9 Å². The van der Waals surface area contributed by atoms with Crippen molar-refractivity contribution >= 4 is 22.8 Å². The Balaban J connectivity index is 1.58. The van der Waals surface area contributed by atoms with Crippen molar-refractivity contribution in [2.45, 2.75) is 13.5 Å². The third-order valence-electron chi connectivity index (χ3n) is 4.00. The molecular weight excluding hydrogens is 360 g/mol. The number of rotatable bonds is 8. The zero-order valence-electron chi connectivity index (χ0n) is 15.6. The van der Waals surface area contributed by atoms with Gasteiger partial charge in [0, 0.05) is 13.3 Å². The van der Waals surface area contributed by atoms with Crippen molar-refractivity contribution in [1.29, 1.82) is 0 Å². The fourth-order valence-electron chi connectivity index (χ4n) is 2.68. The second kappa shape index (κ2) is 8.01. The van der Waals surface area contributed by atoms with E-state index in [1.54, 1.807) is 28.9 Å². The number of nitrogens with zero attached hydrogens (tertiary/aromatic N) is 7. The van der Waals surface area contributed by atoms with E-state index in [0.717, 1.165) is 17.1 Å². The predicted molar refractivity (Wildman–Crippen MR) is 103 cm³/mol. The highest BCUT2D eigenvalue weighted by Gasteiger charge is 2.11. The fourth-order valence-corrected chi connectivity index (χ4v) is 2.68. The van der Waals surface area contributed by atoms with Gasteiger partial charge in [-0.15, -0.1) is 5.10 Å². The van der Waals surface area contributed by atoms with Gasteiger partial charge in [-0.1, -0.05) is 5.21 Å². The lowest BCUT2D eigenvalue weighted by atomic mass is 10.3. The van der Waals surface area contributed by atoms with Crippen molar-refractivity contribution < 1.29 is 9.47 Å². The highest BCUT2D eigenvalue weighted by Crippen LogP contribution is 2.19. The summed E-state index contributed by atoms with van der Waals surface area (Å²) in [4.78, 5) is 8.86. The molecular formula is C18H20N8O2. The van der Waals surface area contributed by atoms with Gasteiger partial charge in [0.05, 0.1) is 43.5 Å². The van der Waals surface area contributed by atoms with Gasteiger partial charge in [-0.3, -0.25) is 4.68 Å². The van der Waals surface area contributed by atoms with Crippen LogP contribution in [0, 0.1) is 0 Å². The van der Waals surface area contributed by atoms with Crippen LogP contribution in [0.25, 0.3) is 16.9 Å². The quantitative estimate of drug-likeness (QED) is 0.496. The maximum Gasteiger partial charge on any atom is 0.229 e. The van der Waals surface area contributed by atoms with Crippen LogP contribution in [0.2, 0.25) is 0 Å². The number of aromatic nitrogens is 7. The molecule has 144 valence electrons. The average molecular weight is 380 g/mol. The first kappa shape index (κ1) is 17.9. The van der Waals surface area contributed by atoms with Gasteiger partial charge in [-0.05, 0) is 31.2 Å². The molecule has 0 spiro atoms. The predicted octanol–water partition coefficient (Wildman–Crippen LogP) is 2.20. The highest BCUT2D eigenvalue weighted by atomic mass is 16.5. The molecule has 1 N–H and O–H groups in total. The molecule has 10 nitrogen and oxygen atoms in total. The van der Waals surface area contributed by atoms with Crippen molar-refractivity contribution in [2.24, 2.45) is 0 Å². The summed E-state index contributed by atoms with van der Waals surface area (Å²) >= 11 is 0. The molecule has 0 saturated carbocycles. The maximum absolute atomic E-state index is 5.48. The summed E-state index contributed by atoms with van der Waals surface area (Å²) in [5.41, 5.74) is 2.84. The van der Waals surface area contributed by atoms with E-state index in [1.807, 2.05) is 37.4 Å². The summed E-state index contributed by atoms with van der Waals surface area (Å²) in [6, 6.07) is 7.60. The Morgan fingerprint density at radius 3 is 2.79 bits per heavy atom. The molecule has 0 radical (unpaired) electrons. The largest absolute Gasteiger partial charge is 0.494 e. The lowest BCUT2D eigenvalue weighted by Gasteiger charge is -2.06. The molecule has 1 aromatic carbocycles. The van der Waals surface area contributed by atoms with Crippen LogP contribution in [0.1, 0.15) is 6.92 Å². The summed E-state index contributed by atoms with van der Waals surface area (Å²) in [5.74, 6) is 1.24. The van der Waals surface area contributed by atoms with Crippen LogP contribution in [0.15, 0.2) is 42.9 Å². The van der Waals surface area contributed by atoms with E-state index in [0.29, 0.717) is 36.9 Å². The second-order valence-electron chi connectivity index (χ2n) is 5.94. The molecule has 0 atom stereocenters. The van der Waals surface area contributed by atoms with Gasteiger partial charge in [0.1, 0.15) is 5.75 Å². The minimum absolute atomic E-state index is 0.438. The first-order valence-corrected chi connectivity index (χ1v) is 8.87. The molecule has 4 aromatic rings. The molecule has 0 aliphatic heterocycles. The van der Waals surface area contributed by atoms with Crippen LogP contribution in [0.3, 0.4) is 0 Å². The summed E-state index contributed by atoms with van der Waals surface area (Å²) in [7, 11) is 1.66. The number of benzene rings is 1. The number of hydrogen-bond acceptors (Lipinski definition) is 8. The van der Waals surface area contributed by atoms with Crippen molar-refractivity contribution in [3.63, 3.8) is 0 Å². The lowest BCUT2D eigenvalue weighted by molar-refractivity contribution is 0.183. The average Bonchev–Trinajstić information content (AvgIpc) is 3.34. The Morgan fingerprint density at radius 1 is 1.14 bits per heavy atom. The monoisotopic (exact) mass is 380 g/mol. The first-order valence-electron chi connectivity index (χ1n) is 8.87. The number of fused-ring (bicyclic) bond motifs is 1. The summed E-state index contributed by atoms with van der Waals surface area (Å²) in [6.07, 6.45) is 5.22. The molecule has 4 rings (SSSR count). The molecule has 3 aromatic heterocycles. The van der Waals surface area contributed by atoms with Crippen LogP contribution in [0.5, 0.6) is 5.75 Å². The minimum Gasteiger partial charge on any atom is -0.494 e. The van der Waals surface area contributed by atoms with Gasteiger partial charge in [-0.25, -0.2) is 4.98 Å². The second-order valence-corrected chi connectivity index (χ2v) is 5.94. The Hall–Kier alpha value is -3.53. The van der Waals surface area contributed by atoms with Gasteiger partial charge in [0.25, 0.3) is 0 Å². The van der Waals surface area contributed by atoms with E-state index in [1.165, 1.54) is 0 Å². The van der Waals surface area contributed by atoms with Crippen molar-refractivity contribution in [2.75, 3.05) is 25.6 Å². The summed E-state index contributed by atoms with van der Waals surface area (Å²) in [5, 5.41) is 15.8. The molecule has 0 fully saturated rings. The van der Waals surface area contributed by atoms with Crippen LogP contribution in [-0.2, 0) is 11.3 Å². The minimum atomic E-state index is 0.438. The molecule has 3 heterocycles. The normalized spacial score (nSPS) is 11.1. The number of nitrogens with one attached hydrogen (secondary N) is 1. The SMILES string of the molecule is CCOc1ccc(-n2nnc3cnc(Nc4cnn(CCOC)c4)nc32)cc1. The van der Waals surface area contributed by atoms with Gasteiger partial charge >= 0.3 is 0 Å². The van der Waals surface area contributed by atoms with Gasteiger partial charge < -0.3 is 14.8 Å². The zero-order valence-corrected chi connectivity index (χ0v) is 15.6. The Labute approximate surface area is 161 Å².